The Hall–Kier alpha value is -5.06. The molecular weight excluding hydrogens is 582 g/mol. The van der Waals surface area contributed by atoms with Crippen molar-refractivity contribution < 1.29 is 46.8 Å². The second-order valence-electron chi connectivity index (χ2n) is 9.85. The summed E-state index contributed by atoms with van der Waals surface area (Å²) in [5.74, 6) is -5.97. The number of carboxylic acid groups (broad SMARTS) is 2. The highest BCUT2D eigenvalue weighted by molar-refractivity contribution is 5.95. The van der Waals surface area contributed by atoms with E-state index in [1.54, 1.807) is 60.1 Å². The number of hydrogen-bond acceptors (Lipinski definition) is 4. The number of ether oxygens (including phenoxy) is 2. The topological polar surface area (TPSA) is 98.0 Å². The van der Waals surface area contributed by atoms with Crippen LogP contribution in [0.4, 0.5) is 17.6 Å². The number of carbonyl (C=O) groups is 2. The maximum atomic E-state index is 15.1. The van der Waals surface area contributed by atoms with E-state index in [0.717, 1.165) is 5.56 Å². The molecule has 11 heteroatoms. The molecule has 0 radical (unpaired) electrons. The zero-order chi connectivity index (χ0) is 31.8. The Morgan fingerprint density at radius 1 is 0.841 bits per heavy atom. The quantitative estimate of drug-likeness (QED) is 0.0891. The lowest BCUT2D eigenvalue weighted by molar-refractivity contribution is -0.138. The molecule has 44 heavy (non-hydrogen) atoms. The van der Waals surface area contributed by atoms with E-state index in [0.29, 0.717) is 46.6 Å². The average Bonchev–Trinajstić information content (AvgIpc) is 3.23. The minimum Gasteiger partial charge on any atom is -0.490 e. The number of nitrogens with zero attached hydrogens (tertiary/aromatic N) is 1. The molecule has 1 heterocycles. The summed E-state index contributed by atoms with van der Waals surface area (Å²) in [6.07, 6.45) is 7.14. The van der Waals surface area contributed by atoms with E-state index in [9.17, 15) is 27.9 Å². The van der Waals surface area contributed by atoms with Gasteiger partial charge in [0.15, 0.2) is 17.4 Å². The van der Waals surface area contributed by atoms with E-state index < -0.39 is 41.0 Å². The van der Waals surface area contributed by atoms with Gasteiger partial charge in [-0.3, -0.25) is 9.59 Å². The predicted octanol–water partition coefficient (Wildman–Crippen LogP) is 7.18. The van der Waals surface area contributed by atoms with E-state index in [-0.39, 0.29) is 38.0 Å². The first-order chi connectivity index (χ1) is 21.0. The van der Waals surface area contributed by atoms with Crippen LogP contribution in [0.5, 0.6) is 11.5 Å². The van der Waals surface area contributed by atoms with Crippen molar-refractivity contribution in [2.45, 2.75) is 32.7 Å². The Balaban J connectivity index is 1.43. The second kappa shape index (κ2) is 14.4. The molecule has 0 aliphatic carbocycles. The van der Waals surface area contributed by atoms with Crippen molar-refractivity contribution >= 4 is 35.0 Å². The number of aryl methyl sites for hydroxylation is 1. The van der Waals surface area contributed by atoms with Gasteiger partial charge in [-0.2, -0.15) is 0 Å². The van der Waals surface area contributed by atoms with Gasteiger partial charge >= 0.3 is 11.9 Å². The number of halogens is 4. The summed E-state index contributed by atoms with van der Waals surface area (Å²) >= 11 is 0. The minimum atomic E-state index is -1.13. The second-order valence-corrected chi connectivity index (χ2v) is 9.85. The van der Waals surface area contributed by atoms with Crippen LogP contribution in [0.3, 0.4) is 0 Å². The molecule has 0 saturated carbocycles. The van der Waals surface area contributed by atoms with Gasteiger partial charge in [-0.25, -0.2) is 17.6 Å². The minimum absolute atomic E-state index is 0.0867. The first kappa shape index (κ1) is 31.9. The number of benzene rings is 3. The summed E-state index contributed by atoms with van der Waals surface area (Å²) in [6, 6.07) is 11.0. The number of rotatable bonds is 14. The van der Waals surface area contributed by atoms with Crippen molar-refractivity contribution in [3.8, 4) is 11.5 Å². The number of carboxylic acids is 2. The van der Waals surface area contributed by atoms with Gasteiger partial charge in [-0.05, 0) is 72.9 Å². The van der Waals surface area contributed by atoms with E-state index in [4.69, 9.17) is 14.6 Å². The van der Waals surface area contributed by atoms with Crippen molar-refractivity contribution in [1.29, 1.82) is 0 Å². The molecule has 0 amide bonds. The summed E-state index contributed by atoms with van der Waals surface area (Å²) in [5, 5.41) is 18.8. The summed E-state index contributed by atoms with van der Waals surface area (Å²) in [7, 11) is 0. The van der Waals surface area contributed by atoms with Gasteiger partial charge in [0.2, 0.25) is 0 Å². The fourth-order valence-electron chi connectivity index (χ4n) is 4.80. The van der Waals surface area contributed by atoms with Gasteiger partial charge in [-0.15, -0.1) is 0 Å². The molecule has 0 unspecified atom stereocenters. The first-order valence-corrected chi connectivity index (χ1v) is 13.6. The Morgan fingerprint density at radius 2 is 1.50 bits per heavy atom. The molecule has 1 aromatic heterocycles. The largest absolute Gasteiger partial charge is 0.490 e. The van der Waals surface area contributed by atoms with Gasteiger partial charge in [0.05, 0.1) is 5.52 Å². The van der Waals surface area contributed by atoms with Crippen molar-refractivity contribution in [1.82, 2.24) is 4.57 Å². The van der Waals surface area contributed by atoms with E-state index in [1.165, 1.54) is 12.1 Å². The van der Waals surface area contributed by atoms with E-state index in [1.807, 2.05) is 0 Å². The highest BCUT2D eigenvalue weighted by Gasteiger charge is 2.21. The van der Waals surface area contributed by atoms with E-state index >= 15 is 4.39 Å². The van der Waals surface area contributed by atoms with Crippen LogP contribution in [0.2, 0.25) is 0 Å². The standard InChI is InChI=1S/C33H29F4NO6/c1-20-25(5-4-6-29(39)40)31-26(35)14-11-22(32(31)38(20)19-30(41)42)10-7-21-8-12-24(13-9-21)43-15-2-3-16-44-33-27(36)17-23(34)18-28(33)37/h2-3,7-14,17-18H,4-6,15-16,19H2,1H3,(H,39,40)(H,41,42)/b3-2+,10-7+. The highest BCUT2D eigenvalue weighted by Crippen LogP contribution is 2.33. The normalized spacial score (nSPS) is 11.6. The van der Waals surface area contributed by atoms with Crippen LogP contribution in [0, 0.1) is 30.2 Å². The molecule has 4 aromatic rings. The lowest BCUT2D eigenvalue weighted by atomic mass is 10.0. The van der Waals surface area contributed by atoms with Crippen molar-refractivity contribution in [2.24, 2.45) is 0 Å². The van der Waals surface area contributed by atoms with E-state index in [2.05, 4.69) is 0 Å². The lowest BCUT2D eigenvalue weighted by Gasteiger charge is -2.08. The Labute approximate surface area is 250 Å². The van der Waals surface area contributed by atoms with Gasteiger partial charge in [0.1, 0.15) is 37.1 Å². The molecule has 0 spiro atoms. The maximum Gasteiger partial charge on any atom is 0.323 e. The third-order valence-electron chi connectivity index (χ3n) is 6.82. The van der Waals surface area contributed by atoms with Crippen molar-refractivity contribution in [3.05, 3.63) is 106 Å². The van der Waals surface area contributed by atoms with Crippen molar-refractivity contribution in [2.75, 3.05) is 13.2 Å². The monoisotopic (exact) mass is 611 g/mol. The molecule has 2 N–H and O–H groups in total. The van der Waals surface area contributed by atoms with Crippen LogP contribution < -0.4 is 9.47 Å². The summed E-state index contributed by atoms with van der Waals surface area (Å²) in [4.78, 5) is 22.6. The van der Waals surface area contributed by atoms with Crippen LogP contribution in [0.1, 0.15) is 35.2 Å². The van der Waals surface area contributed by atoms with Gasteiger partial charge in [0.25, 0.3) is 0 Å². The molecule has 0 fully saturated rings. The molecule has 4 rings (SSSR count). The number of fused-ring (bicyclic) bond motifs is 1. The number of hydrogen-bond donors (Lipinski definition) is 2. The van der Waals surface area contributed by atoms with Crippen LogP contribution in [0.15, 0.2) is 60.7 Å². The van der Waals surface area contributed by atoms with Crippen molar-refractivity contribution in [3.63, 3.8) is 0 Å². The lowest BCUT2D eigenvalue weighted by Crippen LogP contribution is -2.10. The van der Waals surface area contributed by atoms with Gasteiger partial charge < -0.3 is 24.3 Å². The third kappa shape index (κ3) is 7.85. The fraction of sp³-hybridized carbons (Fsp3) is 0.212. The van der Waals surface area contributed by atoms with Gasteiger partial charge in [-0.1, -0.05) is 24.3 Å². The Kier molecular flexibility index (Phi) is 10.4. The summed E-state index contributed by atoms with van der Waals surface area (Å²) in [5.41, 5.74) is 2.98. The summed E-state index contributed by atoms with van der Waals surface area (Å²) in [6.45, 7) is 1.33. The van der Waals surface area contributed by atoms with Gasteiger partial charge in [0, 0.05) is 29.6 Å². The SMILES string of the molecule is Cc1c(CCCC(=O)O)c2c(F)ccc(/C=C/c3ccc(OC/C=C/COc4c(F)cc(F)cc4F)cc3)c2n1CC(=O)O. The van der Waals surface area contributed by atoms with Crippen LogP contribution in [-0.2, 0) is 22.6 Å². The fourth-order valence-corrected chi connectivity index (χ4v) is 4.80. The summed E-state index contributed by atoms with van der Waals surface area (Å²) < 4.78 is 67.4. The van der Waals surface area contributed by atoms with Crippen LogP contribution in [-0.4, -0.2) is 39.9 Å². The smallest absolute Gasteiger partial charge is 0.323 e. The zero-order valence-electron chi connectivity index (χ0n) is 23.7. The third-order valence-corrected chi connectivity index (χ3v) is 6.82. The number of aromatic nitrogens is 1. The molecule has 7 nitrogen and oxygen atoms in total. The molecule has 0 aliphatic heterocycles. The molecule has 0 saturated heterocycles. The Bertz CT molecular complexity index is 1700. The molecule has 0 bridgehead atoms. The highest BCUT2D eigenvalue weighted by atomic mass is 19.1. The average molecular weight is 612 g/mol. The molecule has 230 valence electrons. The first-order valence-electron chi connectivity index (χ1n) is 13.6. The molecule has 0 aliphatic rings. The Morgan fingerprint density at radius 3 is 2.14 bits per heavy atom. The predicted molar refractivity (Wildman–Crippen MR) is 157 cm³/mol. The molecule has 3 aromatic carbocycles. The number of aliphatic carboxylic acids is 2. The van der Waals surface area contributed by atoms with Crippen LogP contribution in [0.25, 0.3) is 23.1 Å². The zero-order valence-corrected chi connectivity index (χ0v) is 23.7. The van der Waals surface area contributed by atoms with Crippen LogP contribution >= 0.6 is 0 Å². The molecule has 0 atom stereocenters. The molecular formula is C33H29F4NO6. The maximum absolute atomic E-state index is 15.1.